The van der Waals surface area contributed by atoms with Crippen molar-refractivity contribution in [2.75, 3.05) is 13.1 Å². The molecule has 32 heavy (non-hydrogen) atoms. The van der Waals surface area contributed by atoms with Gasteiger partial charge >= 0.3 is 6.09 Å². The van der Waals surface area contributed by atoms with E-state index >= 15 is 0 Å². The maximum absolute atomic E-state index is 12.1. The van der Waals surface area contributed by atoms with Crippen molar-refractivity contribution < 1.29 is 9.53 Å². The van der Waals surface area contributed by atoms with E-state index in [-0.39, 0.29) is 6.09 Å². The molecule has 3 aromatic rings. The number of benzene rings is 3. The summed E-state index contributed by atoms with van der Waals surface area (Å²) in [5.74, 6) is 0. The van der Waals surface area contributed by atoms with Gasteiger partial charge in [0.25, 0.3) is 0 Å². The first-order valence-electron chi connectivity index (χ1n) is 10.8. The molecule has 0 unspecified atom stereocenters. The average Bonchev–Trinajstić information content (AvgIpc) is 2.75. The fraction of sp³-hybridized carbons (Fsp3) is 0.214. The van der Waals surface area contributed by atoms with Crippen molar-refractivity contribution >= 4 is 23.6 Å². The molecule has 0 N–H and O–H groups in total. The minimum atomic E-state index is -0.467. The monoisotopic (exact) mass is 424 g/mol. The van der Waals surface area contributed by atoms with Crippen LogP contribution in [0.4, 0.5) is 10.5 Å². The summed E-state index contributed by atoms with van der Waals surface area (Å²) in [7, 11) is 0. The molecular weight excluding hydrogens is 396 g/mol. The minimum absolute atomic E-state index is 0.256. The van der Waals surface area contributed by atoms with E-state index in [0.717, 1.165) is 28.1 Å². The van der Waals surface area contributed by atoms with Gasteiger partial charge in [0.15, 0.2) is 0 Å². The minimum Gasteiger partial charge on any atom is -0.444 e. The Bertz CT molecular complexity index is 1080. The fourth-order valence-corrected chi connectivity index (χ4v) is 3.49. The highest BCUT2D eigenvalue weighted by atomic mass is 16.6. The first-order chi connectivity index (χ1) is 15.4. The van der Waals surface area contributed by atoms with Crippen LogP contribution in [-0.4, -0.2) is 35.4 Å². The summed E-state index contributed by atoms with van der Waals surface area (Å²) in [6.45, 7) is 6.87. The van der Waals surface area contributed by atoms with Crippen molar-refractivity contribution in [3.8, 4) is 0 Å². The third-order valence-corrected chi connectivity index (χ3v) is 5.04. The molecule has 1 heterocycles. The third kappa shape index (κ3) is 5.52. The zero-order valence-corrected chi connectivity index (χ0v) is 18.8. The maximum atomic E-state index is 12.1. The normalized spacial score (nSPS) is 13.2. The SMILES string of the molecule is CC(C)(C)OC(=O)N1CC(=Cc2ccc(N=C(c3ccccc3)c3ccccc3)cc2)C1. The van der Waals surface area contributed by atoms with Crippen LogP contribution < -0.4 is 0 Å². The van der Waals surface area contributed by atoms with Crippen LogP contribution in [0.5, 0.6) is 0 Å². The Labute approximate surface area is 189 Å². The van der Waals surface area contributed by atoms with Gasteiger partial charge < -0.3 is 9.64 Å². The van der Waals surface area contributed by atoms with E-state index in [1.165, 1.54) is 5.57 Å². The second kappa shape index (κ2) is 9.23. The average molecular weight is 425 g/mol. The van der Waals surface area contributed by atoms with Gasteiger partial charge in [-0.2, -0.15) is 0 Å². The molecule has 3 aromatic carbocycles. The molecule has 4 nitrogen and oxygen atoms in total. The molecule has 1 aliphatic heterocycles. The van der Waals surface area contributed by atoms with Crippen LogP contribution in [0.3, 0.4) is 0 Å². The molecule has 1 saturated heterocycles. The Balaban J connectivity index is 1.48. The lowest BCUT2D eigenvalue weighted by molar-refractivity contribution is 0.0216. The van der Waals surface area contributed by atoms with E-state index in [0.29, 0.717) is 13.1 Å². The van der Waals surface area contributed by atoms with Gasteiger partial charge in [-0.25, -0.2) is 9.79 Å². The summed E-state index contributed by atoms with van der Waals surface area (Å²) >= 11 is 0. The number of hydrogen-bond donors (Lipinski definition) is 0. The van der Waals surface area contributed by atoms with Crippen molar-refractivity contribution in [3.63, 3.8) is 0 Å². The van der Waals surface area contributed by atoms with Crippen LogP contribution in [0.15, 0.2) is 95.5 Å². The molecule has 1 fully saturated rings. The van der Waals surface area contributed by atoms with Crippen molar-refractivity contribution in [3.05, 3.63) is 107 Å². The third-order valence-electron chi connectivity index (χ3n) is 5.04. The van der Waals surface area contributed by atoms with Crippen LogP contribution in [0, 0.1) is 0 Å². The van der Waals surface area contributed by atoms with Crippen LogP contribution in [0.2, 0.25) is 0 Å². The molecular formula is C28H28N2O2. The van der Waals surface area contributed by atoms with E-state index in [1.807, 2.05) is 69.3 Å². The maximum Gasteiger partial charge on any atom is 0.410 e. The lowest BCUT2D eigenvalue weighted by Crippen LogP contribution is -2.46. The quantitative estimate of drug-likeness (QED) is 0.449. The second-order valence-corrected chi connectivity index (χ2v) is 8.92. The first-order valence-corrected chi connectivity index (χ1v) is 10.8. The molecule has 0 atom stereocenters. The largest absolute Gasteiger partial charge is 0.444 e. The fourth-order valence-electron chi connectivity index (χ4n) is 3.49. The Hall–Kier alpha value is -3.66. The summed E-state index contributed by atoms with van der Waals surface area (Å²) < 4.78 is 5.41. The Morgan fingerprint density at radius 1 is 0.844 bits per heavy atom. The van der Waals surface area contributed by atoms with Gasteiger partial charge in [0.1, 0.15) is 5.60 Å². The molecule has 162 valence electrons. The summed E-state index contributed by atoms with van der Waals surface area (Å²) in [5, 5.41) is 0. The lowest BCUT2D eigenvalue weighted by atomic mass is 10.0. The number of hydrogen-bond acceptors (Lipinski definition) is 3. The van der Waals surface area contributed by atoms with Gasteiger partial charge in [-0.15, -0.1) is 0 Å². The molecule has 0 aromatic heterocycles. The zero-order chi connectivity index (χ0) is 22.6. The van der Waals surface area contributed by atoms with Crippen LogP contribution in [0.25, 0.3) is 6.08 Å². The standard InChI is InChI=1S/C28H28N2O2/c1-28(2,3)32-27(31)30-19-22(20-30)18-21-14-16-25(17-15-21)29-26(23-10-6-4-7-11-23)24-12-8-5-9-13-24/h4-18H,19-20H2,1-3H3. The number of nitrogens with zero attached hydrogens (tertiary/aromatic N) is 2. The number of aliphatic imine (C=N–C) groups is 1. The predicted molar refractivity (Wildman–Crippen MR) is 130 cm³/mol. The van der Waals surface area contributed by atoms with Crippen LogP contribution >= 0.6 is 0 Å². The summed E-state index contributed by atoms with van der Waals surface area (Å²) in [4.78, 5) is 18.7. The van der Waals surface area contributed by atoms with Gasteiger partial charge in [-0.05, 0) is 44.0 Å². The van der Waals surface area contributed by atoms with E-state index < -0.39 is 5.60 Å². The molecule has 0 bridgehead atoms. The molecule has 1 aliphatic rings. The first kappa shape index (κ1) is 21.6. The second-order valence-electron chi connectivity index (χ2n) is 8.92. The molecule has 1 amide bonds. The van der Waals surface area contributed by atoms with E-state index in [1.54, 1.807) is 4.90 Å². The Kier molecular flexibility index (Phi) is 6.22. The smallest absolute Gasteiger partial charge is 0.410 e. The Morgan fingerprint density at radius 2 is 1.38 bits per heavy atom. The highest BCUT2D eigenvalue weighted by molar-refractivity contribution is 6.13. The molecule has 0 saturated carbocycles. The van der Waals surface area contributed by atoms with E-state index in [9.17, 15) is 4.79 Å². The van der Waals surface area contributed by atoms with Gasteiger partial charge in [-0.3, -0.25) is 0 Å². The van der Waals surface area contributed by atoms with Gasteiger partial charge in [0.2, 0.25) is 0 Å². The highest BCUT2D eigenvalue weighted by Gasteiger charge is 2.29. The number of carbonyl (C=O) groups excluding carboxylic acids is 1. The topological polar surface area (TPSA) is 41.9 Å². The Morgan fingerprint density at radius 3 is 1.88 bits per heavy atom. The molecule has 4 rings (SSSR count). The number of carbonyl (C=O) groups is 1. The summed E-state index contributed by atoms with van der Waals surface area (Å²) in [6.07, 6.45) is 1.87. The molecule has 4 heteroatoms. The van der Waals surface area contributed by atoms with Gasteiger partial charge in [0, 0.05) is 24.2 Å². The number of amides is 1. The van der Waals surface area contributed by atoms with E-state index in [4.69, 9.17) is 9.73 Å². The van der Waals surface area contributed by atoms with Gasteiger partial charge in [-0.1, -0.05) is 78.9 Å². The van der Waals surface area contributed by atoms with Crippen LogP contribution in [-0.2, 0) is 4.74 Å². The predicted octanol–water partition coefficient (Wildman–Crippen LogP) is 6.49. The van der Waals surface area contributed by atoms with Crippen molar-refractivity contribution in [1.29, 1.82) is 0 Å². The van der Waals surface area contributed by atoms with Crippen molar-refractivity contribution in [1.82, 2.24) is 4.90 Å². The van der Waals surface area contributed by atoms with Crippen molar-refractivity contribution in [2.24, 2.45) is 4.99 Å². The van der Waals surface area contributed by atoms with E-state index in [2.05, 4.69) is 42.5 Å². The molecule has 0 spiro atoms. The summed E-state index contributed by atoms with van der Waals surface area (Å²) in [5.41, 5.74) is 5.86. The van der Waals surface area contributed by atoms with Crippen LogP contribution in [0.1, 0.15) is 37.5 Å². The molecule has 0 aliphatic carbocycles. The highest BCUT2D eigenvalue weighted by Crippen LogP contribution is 2.23. The van der Waals surface area contributed by atoms with Crippen molar-refractivity contribution in [2.45, 2.75) is 26.4 Å². The summed E-state index contributed by atoms with van der Waals surface area (Å²) in [6, 6.07) is 28.7. The zero-order valence-electron chi connectivity index (χ0n) is 18.8. The number of rotatable bonds is 4. The molecule has 0 radical (unpaired) electrons. The number of likely N-dealkylation sites (tertiary alicyclic amines) is 1. The number of ether oxygens (including phenoxy) is 1. The lowest BCUT2D eigenvalue weighted by Gasteiger charge is -2.35. The van der Waals surface area contributed by atoms with Gasteiger partial charge in [0.05, 0.1) is 11.4 Å².